The number of aromatic nitrogens is 4. The predicted molar refractivity (Wildman–Crippen MR) is 208 cm³/mol. The molecule has 0 radical (unpaired) electrons. The van der Waals surface area contributed by atoms with Crippen LogP contribution in [0, 0.1) is 12.1 Å². The number of aromatic hydroxyl groups is 1. The summed E-state index contributed by atoms with van der Waals surface area (Å²) in [4.78, 5) is 20.0. The molecule has 1 aliphatic heterocycles. The van der Waals surface area contributed by atoms with Crippen molar-refractivity contribution in [3.63, 3.8) is 0 Å². The molecular weight excluding hydrogens is 1070 g/mol. The predicted octanol–water partition coefficient (Wildman–Crippen LogP) is 10.7. The van der Waals surface area contributed by atoms with E-state index in [-0.39, 0.29) is 47.9 Å². The zero-order valence-electron chi connectivity index (χ0n) is 26.7. The van der Waals surface area contributed by atoms with Crippen LogP contribution in [0.1, 0.15) is 5.01 Å². The Balaban J connectivity index is 0.00000210. The molecule has 9 rings (SSSR count). The average molecular weight is 1090 g/mol. The van der Waals surface area contributed by atoms with Crippen molar-refractivity contribution in [1.29, 1.82) is 0 Å². The molecule has 0 saturated heterocycles. The van der Waals surface area contributed by atoms with E-state index in [1.54, 1.807) is 40.5 Å². The number of para-hydroxylation sites is 3. The molecule has 0 fully saturated rings. The summed E-state index contributed by atoms with van der Waals surface area (Å²) in [5.41, 5.74) is 9.36. The second-order valence-corrected chi connectivity index (χ2v) is 14.9. The Morgan fingerprint density at radius 3 is 1.73 bits per heavy atom. The molecule has 6 nitrogen and oxygen atoms in total. The van der Waals surface area contributed by atoms with Gasteiger partial charge in [-0.05, 0) is 46.5 Å². The quantitative estimate of drug-likeness (QED) is 0.127. The molecule has 4 heterocycles. The summed E-state index contributed by atoms with van der Waals surface area (Å²) in [6.45, 7) is 0. The molecule has 2 N–H and O–H groups in total. The molecule has 1 unspecified atom stereocenters. The third-order valence-corrected chi connectivity index (χ3v) is 11.8. The maximum absolute atomic E-state index is 10.6. The van der Waals surface area contributed by atoms with Gasteiger partial charge in [0.25, 0.3) is 0 Å². The topological polar surface area (TPSA) is 92.0 Å². The van der Waals surface area contributed by atoms with Crippen molar-refractivity contribution >= 4 is 58.7 Å². The van der Waals surface area contributed by atoms with Gasteiger partial charge in [-0.2, -0.15) is 0 Å². The first-order valence-corrected chi connectivity index (χ1v) is 18.6. The minimum Gasteiger partial charge on any atom is -0.507 e. The molecule has 0 saturated carbocycles. The Morgan fingerprint density at radius 2 is 1.12 bits per heavy atom. The van der Waals surface area contributed by atoms with Crippen molar-refractivity contribution in [2.75, 3.05) is 0 Å². The maximum Gasteiger partial charge on any atom is 0.131 e. The average Bonchev–Trinajstić information content (AvgIpc) is 3.80. The third kappa shape index (κ3) is 6.85. The summed E-state index contributed by atoms with van der Waals surface area (Å²) < 4.78 is 12.6. The zero-order valence-corrected chi connectivity index (χ0v) is 33.7. The van der Waals surface area contributed by atoms with Crippen molar-refractivity contribution in [2.45, 2.75) is 0 Å². The minimum atomic E-state index is -0.968. The normalized spacial score (nSPS) is 13.6. The molecular formula is C41H24N4O2Pt2S3-2. The standard InChI is InChI=1S/C41H24N4O2S3.2Pt/c46-34-16-2-1-13-31(34)40-44-38-29(14-7-17-35(38)48-40)25-9-5-11-27(21-25)32-23-33(43-24-42-32)28-12-6-10-26(22-28)30-15-8-18-36-39(30)45-41(49-36)37-19-3-4-20-50(37)47;;/h1-20,23-24,46-47H;;/q-2;;. The molecule has 52 heavy (non-hydrogen) atoms. The molecule has 5 aromatic carbocycles. The number of phenolic OH excluding ortho intramolecular Hbond substituents is 1. The van der Waals surface area contributed by atoms with Gasteiger partial charge in [0.1, 0.15) is 15.8 Å². The fourth-order valence-electron chi connectivity index (χ4n) is 5.98. The number of fused-ring (bicyclic) bond motifs is 2. The van der Waals surface area contributed by atoms with Crippen LogP contribution in [-0.4, -0.2) is 34.5 Å². The molecule has 0 bridgehead atoms. The van der Waals surface area contributed by atoms with Crippen LogP contribution in [0.2, 0.25) is 0 Å². The number of allylic oxidation sites excluding steroid dienone is 3. The number of rotatable bonds is 6. The first kappa shape index (κ1) is 36.2. The van der Waals surface area contributed by atoms with Crippen LogP contribution in [0.15, 0.2) is 133 Å². The van der Waals surface area contributed by atoms with Gasteiger partial charge in [-0.1, -0.05) is 76.9 Å². The van der Waals surface area contributed by atoms with Crippen molar-refractivity contribution in [3.05, 3.63) is 150 Å². The van der Waals surface area contributed by atoms with Crippen LogP contribution in [0.3, 0.4) is 0 Å². The van der Waals surface area contributed by atoms with E-state index in [4.69, 9.17) is 9.97 Å². The van der Waals surface area contributed by atoms with Gasteiger partial charge in [-0.3, -0.25) is 9.97 Å². The largest absolute Gasteiger partial charge is 0.507 e. The summed E-state index contributed by atoms with van der Waals surface area (Å²) in [6.07, 6.45) is 7.30. The number of hydrogen-bond donors (Lipinski definition) is 2. The van der Waals surface area contributed by atoms with E-state index >= 15 is 0 Å². The number of benzene rings is 5. The Kier molecular flexibility index (Phi) is 10.7. The zero-order chi connectivity index (χ0) is 33.6. The second kappa shape index (κ2) is 15.4. The molecule has 0 amide bonds. The maximum atomic E-state index is 10.6. The van der Waals surface area contributed by atoms with Gasteiger partial charge in [0.15, 0.2) is 0 Å². The van der Waals surface area contributed by atoms with E-state index in [0.717, 1.165) is 80.1 Å². The van der Waals surface area contributed by atoms with E-state index in [1.807, 2.05) is 103 Å². The van der Waals surface area contributed by atoms with Crippen LogP contribution >= 0.6 is 33.4 Å². The minimum absolute atomic E-state index is 0. The van der Waals surface area contributed by atoms with Crippen LogP contribution < -0.4 is 0 Å². The molecule has 0 spiro atoms. The summed E-state index contributed by atoms with van der Waals surface area (Å²) in [6, 6.07) is 40.8. The smallest absolute Gasteiger partial charge is 0.131 e. The third-order valence-electron chi connectivity index (χ3n) is 8.36. The molecule has 260 valence electrons. The van der Waals surface area contributed by atoms with Gasteiger partial charge in [0.2, 0.25) is 0 Å². The monoisotopic (exact) mass is 1090 g/mol. The Labute approximate surface area is 339 Å². The van der Waals surface area contributed by atoms with Gasteiger partial charge in [0, 0.05) is 62.9 Å². The van der Waals surface area contributed by atoms with Crippen LogP contribution in [0.5, 0.6) is 5.75 Å². The summed E-state index contributed by atoms with van der Waals surface area (Å²) in [5.74, 6) is 0.212. The van der Waals surface area contributed by atoms with E-state index in [2.05, 4.69) is 34.2 Å². The number of thiazole rings is 2. The molecule has 0 aliphatic carbocycles. The molecule has 1 atom stereocenters. The fraction of sp³-hybridized carbons (Fsp3) is 0. The molecule has 11 heteroatoms. The van der Waals surface area contributed by atoms with Crippen molar-refractivity contribution < 1.29 is 51.8 Å². The number of nitrogens with zero attached hydrogens (tertiary/aromatic N) is 4. The van der Waals surface area contributed by atoms with E-state index in [1.165, 1.54) is 0 Å². The van der Waals surface area contributed by atoms with Crippen LogP contribution in [0.4, 0.5) is 0 Å². The van der Waals surface area contributed by atoms with Crippen molar-refractivity contribution in [1.82, 2.24) is 19.9 Å². The molecule has 1 aliphatic rings. The Bertz CT molecular complexity index is 2720. The van der Waals surface area contributed by atoms with Crippen molar-refractivity contribution in [2.24, 2.45) is 0 Å². The summed E-state index contributed by atoms with van der Waals surface area (Å²) >= 11 is 3.13. The molecule has 3 aromatic heterocycles. The Hall–Kier alpha value is -4.20. The van der Waals surface area contributed by atoms with Crippen LogP contribution in [-0.2, 0) is 42.1 Å². The first-order chi connectivity index (χ1) is 24.6. The Morgan fingerprint density at radius 1 is 0.577 bits per heavy atom. The van der Waals surface area contributed by atoms with E-state index < -0.39 is 10.8 Å². The van der Waals surface area contributed by atoms with Gasteiger partial charge < -0.3 is 9.66 Å². The van der Waals surface area contributed by atoms with Gasteiger partial charge in [-0.15, -0.1) is 82.3 Å². The summed E-state index contributed by atoms with van der Waals surface area (Å²) in [7, 11) is -0.968. The second-order valence-electron chi connectivity index (χ2n) is 11.5. The first-order valence-electron chi connectivity index (χ1n) is 15.7. The van der Waals surface area contributed by atoms with Gasteiger partial charge >= 0.3 is 0 Å². The summed E-state index contributed by atoms with van der Waals surface area (Å²) in [5, 5.41) is 13.8. The van der Waals surface area contributed by atoms with Crippen molar-refractivity contribution in [3.8, 4) is 61.1 Å². The number of hydrogen-bond acceptors (Lipinski definition) is 8. The molecule has 8 aromatic rings. The van der Waals surface area contributed by atoms with Gasteiger partial charge in [-0.25, -0.2) is 9.97 Å². The van der Waals surface area contributed by atoms with Gasteiger partial charge in [0.05, 0.1) is 27.8 Å². The van der Waals surface area contributed by atoms with Crippen LogP contribution in [0.25, 0.3) is 75.8 Å². The fourth-order valence-corrected chi connectivity index (χ4v) is 9.13. The number of phenols is 1. The SMILES string of the molecule is Oc1ccccc1-c1nc2c(-c3[c-]c(-c4cc(-c5[c-]c(-c6cccc7sc(C8=S(O)C=CC=C8)nc67)ccc5)ncn4)ccc3)cccc2s1.[Pt].[Pt]. The van der Waals surface area contributed by atoms with E-state index in [9.17, 15) is 9.66 Å². The van der Waals surface area contributed by atoms with E-state index in [0.29, 0.717) is 5.56 Å².